The maximum Gasteiger partial charge on any atom is 0.0580 e. The first-order chi connectivity index (χ1) is 5.84. The van der Waals surface area contributed by atoms with Crippen molar-refractivity contribution in [3.8, 4) is 0 Å². The van der Waals surface area contributed by atoms with Gasteiger partial charge in [-0.1, -0.05) is 11.1 Å². The largest absolute Gasteiger partial charge is 0.393 e. The van der Waals surface area contributed by atoms with E-state index in [2.05, 4.69) is 0 Å². The number of aliphatic hydroxyl groups is 1. The Balaban J connectivity index is 1.95. The van der Waals surface area contributed by atoms with Crippen molar-refractivity contribution in [1.82, 2.24) is 0 Å². The quantitative estimate of drug-likeness (QED) is 0.544. The number of aliphatic hydroxyl groups excluding tert-OH is 1. The Morgan fingerprint density at radius 1 is 1.00 bits per heavy atom. The molecular formula is C11H16O. The molecule has 66 valence electrons. The van der Waals surface area contributed by atoms with E-state index in [9.17, 15) is 5.11 Å². The molecule has 1 heteroatoms. The number of allylic oxidation sites excluding steroid dienone is 1. The van der Waals surface area contributed by atoms with E-state index in [1.54, 1.807) is 11.1 Å². The van der Waals surface area contributed by atoms with Gasteiger partial charge >= 0.3 is 0 Å². The van der Waals surface area contributed by atoms with E-state index in [1.807, 2.05) is 0 Å². The molecule has 0 radical (unpaired) electrons. The lowest BCUT2D eigenvalue weighted by Gasteiger charge is -2.27. The van der Waals surface area contributed by atoms with Crippen molar-refractivity contribution < 1.29 is 5.11 Å². The summed E-state index contributed by atoms with van der Waals surface area (Å²) in [5, 5.41) is 9.55. The summed E-state index contributed by atoms with van der Waals surface area (Å²) in [6, 6.07) is 0. The van der Waals surface area contributed by atoms with Crippen LogP contribution in [0.3, 0.4) is 0 Å². The van der Waals surface area contributed by atoms with Gasteiger partial charge in [0.2, 0.25) is 0 Å². The molecule has 3 atom stereocenters. The normalized spacial score (nSPS) is 45.2. The SMILES string of the molecule is O[C@@H]1CCC2=C(C1)[C@H]1CC[C@H]2C1. The van der Waals surface area contributed by atoms with Gasteiger partial charge in [0, 0.05) is 0 Å². The van der Waals surface area contributed by atoms with Crippen LogP contribution in [-0.4, -0.2) is 11.2 Å². The van der Waals surface area contributed by atoms with Gasteiger partial charge in [-0.2, -0.15) is 0 Å². The van der Waals surface area contributed by atoms with Gasteiger partial charge < -0.3 is 5.11 Å². The second-order valence-electron chi connectivity index (χ2n) is 4.65. The fraction of sp³-hybridized carbons (Fsp3) is 0.818. The molecular weight excluding hydrogens is 148 g/mol. The Labute approximate surface area is 73.5 Å². The van der Waals surface area contributed by atoms with Crippen LogP contribution >= 0.6 is 0 Å². The van der Waals surface area contributed by atoms with Crippen molar-refractivity contribution in [2.24, 2.45) is 11.8 Å². The summed E-state index contributed by atoms with van der Waals surface area (Å²) >= 11 is 0. The van der Waals surface area contributed by atoms with Crippen LogP contribution in [-0.2, 0) is 0 Å². The summed E-state index contributed by atoms with van der Waals surface area (Å²) in [4.78, 5) is 0. The Hall–Kier alpha value is -0.300. The fourth-order valence-corrected chi connectivity index (χ4v) is 3.48. The van der Waals surface area contributed by atoms with Crippen molar-refractivity contribution >= 4 is 0 Å². The average molecular weight is 164 g/mol. The van der Waals surface area contributed by atoms with Crippen LogP contribution in [0.1, 0.15) is 38.5 Å². The summed E-state index contributed by atoms with van der Waals surface area (Å²) in [6.07, 6.45) is 7.52. The lowest BCUT2D eigenvalue weighted by Crippen LogP contribution is -2.18. The van der Waals surface area contributed by atoms with Gasteiger partial charge in [-0.15, -0.1) is 0 Å². The monoisotopic (exact) mass is 164 g/mol. The molecule has 3 rings (SSSR count). The molecule has 0 unspecified atom stereocenters. The second-order valence-corrected chi connectivity index (χ2v) is 4.65. The zero-order valence-electron chi connectivity index (χ0n) is 7.42. The van der Waals surface area contributed by atoms with E-state index < -0.39 is 0 Å². The molecule has 3 aliphatic rings. The minimum Gasteiger partial charge on any atom is -0.393 e. The maximum absolute atomic E-state index is 9.55. The Morgan fingerprint density at radius 3 is 2.58 bits per heavy atom. The third kappa shape index (κ3) is 0.832. The second kappa shape index (κ2) is 2.35. The molecule has 1 fully saturated rings. The smallest absolute Gasteiger partial charge is 0.0580 e. The maximum atomic E-state index is 9.55. The first kappa shape index (κ1) is 7.14. The molecule has 0 heterocycles. The summed E-state index contributed by atoms with van der Waals surface area (Å²) < 4.78 is 0. The summed E-state index contributed by atoms with van der Waals surface area (Å²) in [6.45, 7) is 0. The molecule has 1 N–H and O–H groups in total. The van der Waals surface area contributed by atoms with Crippen molar-refractivity contribution in [2.75, 3.05) is 0 Å². The van der Waals surface area contributed by atoms with Crippen LogP contribution in [0.15, 0.2) is 11.1 Å². The van der Waals surface area contributed by atoms with E-state index in [4.69, 9.17) is 0 Å². The Bertz CT molecular complexity index is 241. The molecule has 1 nitrogen and oxygen atoms in total. The standard InChI is InChI=1S/C11H16O/c12-9-3-4-10-7-1-2-8(5-7)11(10)6-9/h7-9,12H,1-6H2/t7-,8-,9+/m0/s1. The predicted octanol–water partition coefficient (Wildman–Crippen LogP) is 2.26. The van der Waals surface area contributed by atoms with Crippen LogP contribution in [0.25, 0.3) is 0 Å². The first-order valence-corrected chi connectivity index (χ1v) is 5.24. The molecule has 0 aliphatic heterocycles. The number of hydrogen-bond donors (Lipinski definition) is 1. The number of rotatable bonds is 0. The molecule has 2 bridgehead atoms. The van der Waals surface area contributed by atoms with Gasteiger partial charge in [0.05, 0.1) is 6.10 Å². The highest BCUT2D eigenvalue weighted by molar-refractivity contribution is 5.31. The van der Waals surface area contributed by atoms with E-state index in [-0.39, 0.29) is 6.10 Å². The van der Waals surface area contributed by atoms with E-state index >= 15 is 0 Å². The van der Waals surface area contributed by atoms with Gasteiger partial charge in [0.25, 0.3) is 0 Å². The van der Waals surface area contributed by atoms with Crippen molar-refractivity contribution in [3.05, 3.63) is 11.1 Å². The Kier molecular flexibility index (Phi) is 1.40. The topological polar surface area (TPSA) is 20.2 Å². The average Bonchev–Trinajstić information content (AvgIpc) is 2.63. The van der Waals surface area contributed by atoms with Crippen molar-refractivity contribution in [3.63, 3.8) is 0 Å². The summed E-state index contributed by atoms with van der Waals surface area (Å²) in [5.41, 5.74) is 3.43. The highest BCUT2D eigenvalue weighted by Gasteiger charge is 2.40. The van der Waals surface area contributed by atoms with Gasteiger partial charge in [-0.25, -0.2) is 0 Å². The lowest BCUT2D eigenvalue weighted by atomic mass is 9.81. The van der Waals surface area contributed by atoms with Gasteiger partial charge in [-0.3, -0.25) is 0 Å². The molecule has 0 aromatic rings. The summed E-state index contributed by atoms with van der Waals surface area (Å²) in [5.74, 6) is 1.83. The summed E-state index contributed by atoms with van der Waals surface area (Å²) in [7, 11) is 0. The predicted molar refractivity (Wildman–Crippen MR) is 47.7 cm³/mol. The van der Waals surface area contributed by atoms with Gasteiger partial charge in [0.1, 0.15) is 0 Å². The molecule has 3 aliphatic carbocycles. The minimum absolute atomic E-state index is 0.0110. The van der Waals surface area contributed by atoms with Crippen LogP contribution in [0.5, 0.6) is 0 Å². The van der Waals surface area contributed by atoms with Gasteiger partial charge in [0.15, 0.2) is 0 Å². The van der Waals surface area contributed by atoms with Crippen LogP contribution in [0.2, 0.25) is 0 Å². The third-order valence-electron chi connectivity index (χ3n) is 4.03. The van der Waals surface area contributed by atoms with Crippen molar-refractivity contribution in [2.45, 2.75) is 44.6 Å². The highest BCUT2D eigenvalue weighted by Crippen LogP contribution is 2.53. The first-order valence-electron chi connectivity index (χ1n) is 5.24. The van der Waals surface area contributed by atoms with Crippen LogP contribution in [0, 0.1) is 11.8 Å². The number of hydrogen-bond acceptors (Lipinski definition) is 1. The van der Waals surface area contributed by atoms with Gasteiger partial charge in [-0.05, 0) is 50.4 Å². The van der Waals surface area contributed by atoms with E-state index in [1.165, 1.54) is 25.7 Å². The molecule has 0 aromatic carbocycles. The third-order valence-corrected chi connectivity index (χ3v) is 4.03. The van der Waals surface area contributed by atoms with E-state index in [0.29, 0.717) is 0 Å². The lowest BCUT2D eigenvalue weighted by molar-refractivity contribution is 0.154. The molecule has 0 amide bonds. The Morgan fingerprint density at radius 2 is 1.75 bits per heavy atom. The highest BCUT2D eigenvalue weighted by atomic mass is 16.3. The molecule has 0 spiro atoms. The number of fused-ring (bicyclic) bond motifs is 4. The molecule has 0 aromatic heterocycles. The zero-order chi connectivity index (χ0) is 8.13. The van der Waals surface area contributed by atoms with Crippen LogP contribution < -0.4 is 0 Å². The minimum atomic E-state index is -0.0110. The van der Waals surface area contributed by atoms with Crippen molar-refractivity contribution in [1.29, 1.82) is 0 Å². The molecule has 0 saturated heterocycles. The van der Waals surface area contributed by atoms with Crippen LogP contribution in [0.4, 0.5) is 0 Å². The zero-order valence-corrected chi connectivity index (χ0v) is 7.42. The molecule has 12 heavy (non-hydrogen) atoms. The fourth-order valence-electron chi connectivity index (χ4n) is 3.48. The molecule has 1 saturated carbocycles. The van der Waals surface area contributed by atoms with E-state index in [0.717, 1.165) is 24.7 Å².